The van der Waals surface area contributed by atoms with Crippen molar-refractivity contribution in [1.82, 2.24) is 5.32 Å². The second kappa shape index (κ2) is 13.1. The lowest BCUT2D eigenvalue weighted by atomic mass is 9.83. The smallest absolute Gasteiger partial charge is 0.369 e. The number of carbonyl (C=O) groups is 3. The summed E-state index contributed by atoms with van der Waals surface area (Å²) in [5.74, 6) is -7.36. The first kappa shape index (κ1) is 32.9. The highest BCUT2D eigenvalue weighted by molar-refractivity contribution is 6.31. The second-order valence-electron chi connectivity index (χ2n) is 10.2. The maximum absolute atomic E-state index is 13.4. The maximum Gasteiger partial charge on any atom is 0.389 e. The number of carbonyl (C=O) groups excluding carboxylic acids is 3. The number of nitrogens with two attached hydrogens (primary N) is 1. The molecule has 0 aliphatic carbocycles. The second-order valence-corrected chi connectivity index (χ2v) is 10.7. The van der Waals surface area contributed by atoms with E-state index in [1.54, 1.807) is 42.5 Å². The molecule has 228 valence electrons. The van der Waals surface area contributed by atoms with E-state index in [2.05, 4.69) is 15.6 Å². The Hall–Kier alpha value is -3.61. The summed E-state index contributed by atoms with van der Waals surface area (Å²) in [5.41, 5.74) is 7.52. The lowest BCUT2D eigenvalue weighted by molar-refractivity contribution is -0.152. The number of benzene rings is 2. The van der Waals surface area contributed by atoms with Gasteiger partial charge in [-0.2, -0.15) is 26.3 Å². The highest BCUT2D eigenvalue weighted by Gasteiger charge is 2.40. The van der Waals surface area contributed by atoms with Crippen LogP contribution in [0.4, 0.5) is 32.0 Å². The summed E-state index contributed by atoms with van der Waals surface area (Å²) in [4.78, 5) is 43.2. The molecule has 0 radical (unpaired) electrons. The van der Waals surface area contributed by atoms with Crippen LogP contribution in [0.2, 0.25) is 5.02 Å². The maximum atomic E-state index is 13.4. The van der Waals surface area contributed by atoms with Crippen molar-refractivity contribution in [2.24, 2.45) is 22.6 Å². The largest absolute Gasteiger partial charge is 0.389 e. The molecule has 7 nitrogen and oxygen atoms in total. The van der Waals surface area contributed by atoms with Crippen LogP contribution in [0.1, 0.15) is 62.1 Å². The number of amides is 3. The van der Waals surface area contributed by atoms with Gasteiger partial charge < -0.3 is 16.4 Å². The zero-order chi connectivity index (χ0) is 31.4. The van der Waals surface area contributed by atoms with Crippen LogP contribution in [0.5, 0.6) is 0 Å². The van der Waals surface area contributed by atoms with Crippen LogP contribution < -0.4 is 16.4 Å². The Morgan fingerprint density at radius 2 is 1.60 bits per heavy atom. The van der Waals surface area contributed by atoms with Crippen LogP contribution in [0.15, 0.2) is 47.5 Å². The number of halogens is 7. The third kappa shape index (κ3) is 8.70. The zero-order valence-corrected chi connectivity index (χ0v) is 23.3. The number of nitrogens with one attached hydrogen (secondary N) is 2. The fourth-order valence-electron chi connectivity index (χ4n) is 4.74. The fourth-order valence-corrected chi connectivity index (χ4v) is 4.93. The Morgan fingerprint density at radius 1 is 1.00 bits per heavy atom. The molecular weight excluding hydrogens is 590 g/mol. The predicted octanol–water partition coefficient (Wildman–Crippen LogP) is 6.10. The standard InChI is InChI=1S/C28H29ClF6N4O3/c1-14(2)17-7-4-8-20-21(15-5-3-6-16(29)13-15)37-24(26(42)38-22(17)20)39-25(41)19(10-12-28(33,34)35)18(23(36)40)9-11-27(30,31)32/h3-8,13-14,18-19,24H,9-12H2,1-2H3,(H2,36,40)(H,38,42)(H,39,41)/t18-,19+,24?/m0/s1. The first-order chi connectivity index (χ1) is 19.5. The highest BCUT2D eigenvalue weighted by atomic mass is 35.5. The number of aliphatic imine (C=N–C) groups is 1. The Balaban J connectivity index is 2.06. The van der Waals surface area contributed by atoms with Crippen LogP contribution in [0.25, 0.3) is 0 Å². The lowest BCUT2D eigenvalue weighted by Gasteiger charge is -2.26. The summed E-state index contributed by atoms with van der Waals surface area (Å²) >= 11 is 6.18. The van der Waals surface area contributed by atoms with Crippen LogP contribution in [-0.2, 0) is 14.4 Å². The van der Waals surface area contributed by atoms with E-state index in [-0.39, 0.29) is 11.6 Å². The van der Waals surface area contributed by atoms with Crippen LogP contribution >= 0.6 is 11.6 Å². The highest BCUT2D eigenvalue weighted by Crippen LogP contribution is 2.34. The molecule has 4 N–H and O–H groups in total. The number of rotatable bonds is 10. The molecule has 1 unspecified atom stereocenters. The molecule has 0 saturated heterocycles. The van der Waals surface area contributed by atoms with E-state index in [9.17, 15) is 40.7 Å². The minimum absolute atomic E-state index is 0.0660. The number of benzodiazepines with no additional fused rings is 1. The van der Waals surface area contributed by atoms with Crippen molar-refractivity contribution in [3.05, 3.63) is 64.2 Å². The molecule has 1 heterocycles. The van der Waals surface area contributed by atoms with Crippen molar-refractivity contribution < 1.29 is 40.7 Å². The fraction of sp³-hybridized carbons (Fsp3) is 0.429. The van der Waals surface area contributed by atoms with Crippen LogP contribution in [0.3, 0.4) is 0 Å². The molecule has 1 aliphatic heterocycles. The van der Waals surface area contributed by atoms with Gasteiger partial charge in [0.2, 0.25) is 18.0 Å². The van der Waals surface area contributed by atoms with E-state index >= 15 is 0 Å². The Bertz CT molecular complexity index is 1360. The first-order valence-electron chi connectivity index (χ1n) is 13.0. The van der Waals surface area contributed by atoms with Gasteiger partial charge in [-0.15, -0.1) is 0 Å². The van der Waals surface area contributed by atoms with Gasteiger partial charge in [0.25, 0.3) is 5.91 Å². The monoisotopic (exact) mass is 618 g/mol. The summed E-state index contributed by atoms with van der Waals surface area (Å²) in [6.07, 6.45) is -16.4. The molecular formula is C28H29ClF6N4O3. The number of nitrogens with zero attached hydrogens (tertiary/aromatic N) is 1. The van der Waals surface area contributed by atoms with Gasteiger partial charge in [0.1, 0.15) is 0 Å². The molecule has 0 bridgehead atoms. The molecule has 2 aromatic carbocycles. The summed E-state index contributed by atoms with van der Waals surface area (Å²) < 4.78 is 78.1. The molecule has 0 fully saturated rings. The van der Waals surface area contributed by atoms with E-state index in [1.165, 1.54) is 0 Å². The summed E-state index contributed by atoms with van der Waals surface area (Å²) in [6.45, 7) is 3.77. The number of primary amides is 1. The molecule has 42 heavy (non-hydrogen) atoms. The molecule has 2 aromatic rings. The quantitative estimate of drug-likeness (QED) is 0.280. The third-order valence-corrected chi connectivity index (χ3v) is 7.01. The van der Waals surface area contributed by atoms with Gasteiger partial charge in [-0.25, -0.2) is 4.99 Å². The summed E-state index contributed by atoms with van der Waals surface area (Å²) in [6, 6.07) is 11.6. The number of anilines is 1. The number of para-hydroxylation sites is 1. The van der Waals surface area contributed by atoms with Gasteiger partial charge in [-0.1, -0.05) is 55.8 Å². The van der Waals surface area contributed by atoms with E-state index < -0.39 is 73.8 Å². The third-order valence-electron chi connectivity index (χ3n) is 6.77. The van der Waals surface area contributed by atoms with Gasteiger partial charge in [0.15, 0.2) is 0 Å². The van der Waals surface area contributed by atoms with Crippen LogP contribution in [-0.4, -0.2) is 42.0 Å². The predicted molar refractivity (Wildman–Crippen MR) is 145 cm³/mol. The minimum Gasteiger partial charge on any atom is -0.369 e. The SMILES string of the molecule is CC(C)c1cccc2c1NC(=O)C(NC(=O)[C@H](CCC(F)(F)F)[C@H](CCC(F)(F)F)C(N)=O)N=C2c1cccc(Cl)c1. The Morgan fingerprint density at radius 3 is 2.14 bits per heavy atom. The molecule has 3 atom stereocenters. The van der Waals surface area contributed by atoms with Crippen molar-refractivity contribution in [2.75, 3.05) is 5.32 Å². The van der Waals surface area contributed by atoms with Crippen molar-refractivity contribution >= 4 is 40.7 Å². The molecule has 0 aromatic heterocycles. The number of fused-ring (bicyclic) bond motifs is 1. The van der Waals surface area contributed by atoms with Gasteiger partial charge in [-0.3, -0.25) is 14.4 Å². The Labute approximate surface area is 242 Å². The van der Waals surface area contributed by atoms with Crippen LogP contribution in [0, 0.1) is 11.8 Å². The first-order valence-corrected chi connectivity index (χ1v) is 13.4. The topological polar surface area (TPSA) is 114 Å². The van der Waals surface area contributed by atoms with E-state index in [0.29, 0.717) is 21.8 Å². The molecule has 0 spiro atoms. The average molecular weight is 619 g/mol. The van der Waals surface area contributed by atoms with Crippen molar-refractivity contribution in [1.29, 1.82) is 0 Å². The van der Waals surface area contributed by atoms with Crippen molar-refractivity contribution in [3.63, 3.8) is 0 Å². The van der Waals surface area contributed by atoms with Gasteiger partial charge in [-0.05, 0) is 36.5 Å². The normalized spacial score (nSPS) is 17.0. The number of hydrogen-bond acceptors (Lipinski definition) is 4. The van der Waals surface area contributed by atoms with Gasteiger partial charge in [0.05, 0.1) is 11.4 Å². The summed E-state index contributed by atoms with van der Waals surface area (Å²) in [5, 5.41) is 5.30. The van der Waals surface area contributed by atoms with E-state index in [1.807, 2.05) is 13.8 Å². The van der Waals surface area contributed by atoms with Crippen molar-refractivity contribution in [3.8, 4) is 0 Å². The lowest BCUT2D eigenvalue weighted by Crippen LogP contribution is -2.48. The molecule has 1 aliphatic rings. The number of alkyl halides is 6. The van der Waals surface area contributed by atoms with Crippen molar-refractivity contribution in [2.45, 2.75) is 64.0 Å². The van der Waals surface area contributed by atoms with Gasteiger partial charge in [0, 0.05) is 40.8 Å². The number of hydrogen-bond donors (Lipinski definition) is 3. The molecule has 3 amide bonds. The minimum atomic E-state index is -4.78. The molecule has 14 heteroatoms. The Kier molecular flexibility index (Phi) is 10.3. The molecule has 0 saturated carbocycles. The summed E-state index contributed by atoms with van der Waals surface area (Å²) in [7, 11) is 0. The molecule has 3 rings (SSSR count). The zero-order valence-electron chi connectivity index (χ0n) is 22.6. The van der Waals surface area contributed by atoms with E-state index in [4.69, 9.17) is 17.3 Å². The average Bonchev–Trinajstić information content (AvgIpc) is 3.00. The van der Waals surface area contributed by atoms with Gasteiger partial charge >= 0.3 is 12.4 Å². The van der Waals surface area contributed by atoms with E-state index in [0.717, 1.165) is 5.56 Å².